The summed E-state index contributed by atoms with van der Waals surface area (Å²) < 4.78 is 0. The fourth-order valence-corrected chi connectivity index (χ4v) is 0.833. The molecule has 0 heterocycles. The summed E-state index contributed by atoms with van der Waals surface area (Å²) in [6, 6.07) is 0. The van der Waals surface area contributed by atoms with Gasteiger partial charge in [0, 0.05) is 0 Å². The molecule has 1 nitrogen and oxygen atoms in total. The average molecular weight is 153 g/mol. The van der Waals surface area contributed by atoms with Crippen LogP contribution < -0.4 is 0 Å². The first-order valence-electron chi connectivity index (χ1n) is 4.04. The predicted molar refractivity (Wildman–Crippen MR) is 48.0 cm³/mol. The minimum absolute atomic E-state index is 0.0827. The van der Waals surface area contributed by atoms with Gasteiger partial charge in [0.15, 0.2) is 0 Å². The highest BCUT2D eigenvalue weighted by Gasteiger charge is 1.87. The van der Waals surface area contributed by atoms with Crippen LogP contribution in [0.4, 0.5) is 0 Å². The van der Waals surface area contributed by atoms with Gasteiger partial charge in [-0.3, -0.25) is 0 Å². The van der Waals surface area contributed by atoms with Crippen molar-refractivity contribution in [2.45, 2.75) is 33.6 Å². The molecule has 0 aromatic heterocycles. The number of allylic oxidation sites excluding steroid dienone is 3. The molecular weight excluding hydrogens is 136 g/mol. The molecule has 0 bridgehead atoms. The second-order valence-corrected chi connectivity index (χ2v) is 3.04. The first-order valence-corrected chi connectivity index (χ1v) is 4.04. The van der Waals surface area contributed by atoms with Crippen molar-refractivity contribution in [2.24, 2.45) is 0 Å². The third kappa shape index (κ3) is 7.34. The molecule has 0 unspecified atom stereocenters. The molecule has 0 aromatic rings. The summed E-state index contributed by atoms with van der Waals surface area (Å²) in [5.41, 5.74) is 2.55. The van der Waals surface area contributed by atoms with E-state index in [0.29, 0.717) is 0 Å². The lowest BCUT2D eigenvalue weighted by molar-refractivity contribution is 0.231. The van der Waals surface area contributed by atoms with Crippen LogP contribution in [0.1, 0.15) is 33.6 Å². The van der Waals surface area contributed by atoms with Gasteiger partial charge >= 0.3 is 0 Å². The van der Waals surface area contributed by atoms with Gasteiger partial charge in [0.25, 0.3) is 0 Å². The molecule has 0 rings (SSSR count). The molecule has 0 aliphatic carbocycles. The maximum Gasteiger partial charge on any atom is 0.101 e. The van der Waals surface area contributed by atoms with Gasteiger partial charge in [-0.25, -0.2) is 5.11 Å². The fraction of sp³-hybridized carbons (Fsp3) is 0.600. The third-order valence-corrected chi connectivity index (χ3v) is 1.52. The van der Waals surface area contributed by atoms with E-state index in [1.165, 1.54) is 11.1 Å². The Bertz CT molecular complexity index is 150. The van der Waals surface area contributed by atoms with E-state index in [1.807, 2.05) is 6.92 Å². The number of hydrogen-bond donors (Lipinski definition) is 0. The average Bonchev–Trinajstić information content (AvgIpc) is 1.87. The molecule has 0 atom stereocenters. The Morgan fingerprint density at radius 1 is 1.18 bits per heavy atom. The smallest absolute Gasteiger partial charge is 0.101 e. The van der Waals surface area contributed by atoms with Crippen LogP contribution in [0.5, 0.6) is 0 Å². The molecule has 11 heavy (non-hydrogen) atoms. The summed E-state index contributed by atoms with van der Waals surface area (Å²) in [6.45, 7) is 6.11. The zero-order valence-corrected chi connectivity index (χ0v) is 7.68. The van der Waals surface area contributed by atoms with Gasteiger partial charge in [0.2, 0.25) is 0 Å². The molecule has 0 saturated heterocycles. The Kier molecular flexibility index (Phi) is 5.86. The molecule has 0 aromatic carbocycles. The largest absolute Gasteiger partial charge is 0.232 e. The van der Waals surface area contributed by atoms with E-state index in [2.05, 4.69) is 19.9 Å². The third-order valence-electron chi connectivity index (χ3n) is 1.52. The number of rotatable bonds is 4. The fourth-order valence-electron chi connectivity index (χ4n) is 0.833. The first kappa shape index (κ1) is 10.4. The molecule has 0 fully saturated rings. The zero-order valence-electron chi connectivity index (χ0n) is 7.68. The first-order chi connectivity index (χ1) is 5.16. The van der Waals surface area contributed by atoms with Crippen molar-refractivity contribution in [3.05, 3.63) is 23.3 Å². The van der Waals surface area contributed by atoms with Crippen molar-refractivity contribution in [3.63, 3.8) is 0 Å². The number of hydrogen-bond acceptors (Lipinski definition) is 0. The van der Waals surface area contributed by atoms with Gasteiger partial charge in [-0.1, -0.05) is 23.3 Å². The molecule has 0 spiro atoms. The molecule has 0 amide bonds. The van der Waals surface area contributed by atoms with Gasteiger partial charge in [0.1, 0.15) is 6.61 Å². The highest BCUT2D eigenvalue weighted by atomic mass is 16.2. The van der Waals surface area contributed by atoms with Crippen LogP contribution in [-0.4, -0.2) is 6.61 Å². The van der Waals surface area contributed by atoms with Crippen LogP contribution >= 0.6 is 0 Å². The van der Waals surface area contributed by atoms with Gasteiger partial charge < -0.3 is 0 Å². The molecule has 0 aliphatic rings. The Morgan fingerprint density at radius 3 is 2.27 bits per heavy atom. The highest BCUT2D eigenvalue weighted by molar-refractivity contribution is 5.01. The van der Waals surface area contributed by atoms with E-state index in [-0.39, 0.29) is 6.61 Å². The monoisotopic (exact) mass is 153 g/mol. The van der Waals surface area contributed by atoms with Crippen LogP contribution in [0.3, 0.4) is 0 Å². The van der Waals surface area contributed by atoms with Crippen molar-refractivity contribution in [2.75, 3.05) is 6.61 Å². The second-order valence-electron chi connectivity index (χ2n) is 3.04. The van der Waals surface area contributed by atoms with E-state index in [0.717, 1.165) is 12.8 Å². The van der Waals surface area contributed by atoms with E-state index >= 15 is 0 Å². The Balaban J connectivity index is 3.54. The van der Waals surface area contributed by atoms with Crippen molar-refractivity contribution in [1.82, 2.24) is 0 Å². The maximum absolute atomic E-state index is 10.1. The SMILES string of the molecule is CC(C)=CCC/C(C)=C/C[O]. The molecule has 1 heteroatoms. The van der Waals surface area contributed by atoms with E-state index in [9.17, 15) is 5.11 Å². The summed E-state index contributed by atoms with van der Waals surface area (Å²) in [5, 5.41) is 10.1. The quantitative estimate of drug-likeness (QED) is 0.553. The Morgan fingerprint density at radius 2 is 1.82 bits per heavy atom. The normalized spacial score (nSPS) is 11.5. The van der Waals surface area contributed by atoms with E-state index in [1.54, 1.807) is 6.08 Å². The lowest BCUT2D eigenvalue weighted by atomic mass is 10.1. The molecular formula is C10H17O. The lowest BCUT2D eigenvalue weighted by Crippen LogP contribution is -1.79. The lowest BCUT2D eigenvalue weighted by Gasteiger charge is -1.96. The summed E-state index contributed by atoms with van der Waals surface area (Å²) in [4.78, 5) is 0. The van der Waals surface area contributed by atoms with Gasteiger partial charge in [-0.05, 0) is 33.6 Å². The van der Waals surface area contributed by atoms with Crippen LogP contribution in [0.15, 0.2) is 23.3 Å². The topological polar surface area (TPSA) is 19.9 Å². The van der Waals surface area contributed by atoms with Crippen molar-refractivity contribution in [1.29, 1.82) is 0 Å². The Hall–Kier alpha value is -0.560. The second kappa shape index (κ2) is 6.17. The van der Waals surface area contributed by atoms with Crippen LogP contribution in [0.2, 0.25) is 0 Å². The minimum atomic E-state index is -0.0827. The molecule has 63 valence electrons. The van der Waals surface area contributed by atoms with Crippen molar-refractivity contribution < 1.29 is 5.11 Å². The standard InChI is InChI=1S/C10H17O/c1-9(2)5-4-6-10(3)7-8-11/h5,7H,4,6,8H2,1-3H3/b10-7+. The van der Waals surface area contributed by atoms with Gasteiger partial charge in [0.05, 0.1) is 0 Å². The van der Waals surface area contributed by atoms with Crippen LogP contribution in [0, 0.1) is 0 Å². The molecule has 0 saturated carbocycles. The minimum Gasteiger partial charge on any atom is -0.232 e. The summed E-state index contributed by atoms with van der Waals surface area (Å²) in [5.74, 6) is 0. The van der Waals surface area contributed by atoms with E-state index < -0.39 is 0 Å². The van der Waals surface area contributed by atoms with Crippen molar-refractivity contribution >= 4 is 0 Å². The van der Waals surface area contributed by atoms with E-state index in [4.69, 9.17) is 0 Å². The van der Waals surface area contributed by atoms with Gasteiger partial charge in [-0.15, -0.1) is 0 Å². The predicted octanol–water partition coefficient (Wildman–Crippen LogP) is 3.11. The van der Waals surface area contributed by atoms with Crippen molar-refractivity contribution in [3.8, 4) is 0 Å². The van der Waals surface area contributed by atoms with Crippen LogP contribution in [-0.2, 0) is 5.11 Å². The highest BCUT2D eigenvalue weighted by Crippen LogP contribution is 2.05. The summed E-state index contributed by atoms with van der Waals surface area (Å²) >= 11 is 0. The van der Waals surface area contributed by atoms with Crippen LogP contribution in [0.25, 0.3) is 0 Å². The summed E-state index contributed by atoms with van der Waals surface area (Å²) in [6.07, 6.45) is 6.03. The Labute approximate surface area is 69.4 Å². The molecule has 1 radical (unpaired) electrons. The van der Waals surface area contributed by atoms with Gasteiger partial charge in [-0.2, -0.15) is 0 Å². The zero-order chi connectivity index (χ0) is 8.69. The molecule has 0 N–H and O–H groups in total. The molecule has 0 aliphatic heterocycles. The maximum atomic E-state index is 10.1. The summed E-state index contributed by atoms with van der Waals surface area (Å²) in [7, 11) is 0.